The van der Waals surface area contributed by atoms with E-state index in [9.17, 15) is 13.2 Å². The van der Waals surface area contributed by atoms with E-state index >= 15 is 0 Å². The van der Waals surface area contributed by atoms with Crippen molar-refractivity contribution >= 4 is 15.9 Å². The molecule has 33 heavy (non-hydrogen) atoms. The molecule has 0 saturated carbocycles. The van der Waals surface area contributed by atoms with Gasteiger partial charge < -0.3 is 9.64 Å². The van der Waals surface area contributed by atoms with Gasteiger partial charge in [-0.05, 0) is 70.1 Å². The quantitative estimate of drug-likeness (QED) is 0.652. The molecule has 2 unspecified atom stereocenters. The Morgan fingerprint density at radius 2 is 1.64 bits per heavy atom. The maximum Gasteiger partial charge on any atom is 0.254 e. The summed E-state index contributed by atoms with van der Waals surface area (Å²) in [6, 6.07) is 5.02. The molecule has 0 radical (unpaired) electrons. The van der Waals surface area contributed by atoms with Crippen molar-refractivity contribution in [1.82, 2.24) is 14.1 Å². The van der Waals surface area contributed by atoms with Gasteiger partial charge in [-0.1, -0.05) is 12.5 Å². The smallest absolute Gasteiger partial charge is 0.254 e. The number of piperidine rings is 2. The molecule has 0 N–H and O–H groups in total. The van der Waals surface area contributed by atoms with Crippen LogP contribution in [0.4, 0.5) is 0 Å². The SMILES string of the molecule is Cc1ccc(S(=O)(=O)N2CCCCC2)cc1C(=O)N1CCC(CN2CC(C)OC(C)C2)CC1. The number of nitrogens with zero attached hydrogens (tertiary/aromatic N) is 3. The molecular formula is C25H39N3O4S. The molecule has 8 heteroatoms. The first-order valence-electron chi connectivity index (χ1n) is 12.5. The first-order chi connectivity index (χ1) is 15.7. The molecule has 3 saturated heterocycles. The van der Waals surface area contributed by atoms with E-state index in [1.807, 2.05) is 11.8 Å². The first kappa shape index (κ1) is 24.6. The van der Waals surface area contributed by atoms with Gasteiger partial charge in [-0.2, -0.15) is 4.31 Å². The first-order valence-corrected chi connectivity index (χ1v) is 14.0. The number of benzene rings is 1. The predicted octanol–water partition coefficient (Wildman–Crippen LogP) is 3.13. The molecule has 0 bridgehead atoms. The summed E-state index contributed by atoms with van der Waals surface area (Å²) in [5.41, 5.74) is 1.35. The van der Waals surface area contributed by atoms with Crippen LogP contribution in [0.15, 0.2) is 23.1 Å². The fourth-order valence-corrected chi connectivity index (χ4v) is 7.08. The van der Waals surface area contributed by atoms with Crippen molar-refractivity contribution in [3.8, 4) is 0 Å². The zero-order valence-electron chi connectivity index (χ0n) is 20.3. The number of sulfonamides is 1. The van der Waals surface area contributed by atoms with Crippen LogP contribution in [0.3, 0.4) is 0 Å². The van der Waals surface area contributed by atoms with E-state index in [1.165, 1.54) is 0 Å². The summed E-state index contributed by atoms with van der Waals surface area (Å²) >= 11 is 0. The van der Waals surface area contributed by atoms with Crippen LogP contribution in [0.1, 0.15) is 61.9 Å². The van der Waals surface area contributed by atoms with Crippen molar-refractivity contribution < 1.29 is 17.9 Å². The van der Waals surface area contributed by atoms with E-state index in [0.717, 1.165) is 70.4 Å². The van der Waals surface area contributed by atoms with Crippen LogP contribution in [-0.4, -0.2) is 86.5 Å². The van der Waals surface area contributed by atoms with Gasteiger partial charge in [0.05, 0.1) is 17.1 Å². The molecule has 1 aromatic carbocycles. The van der Waals surface area contributed by atoms with Crippen LogP contribution < -0.4 is 0 Å². The number of hydrogen-bond donors (Lipinski definition) is 0. The molecule has 0 spiro atoms. The third-order valence-electron chi connectivity index (χ3n) is 7.31. The number of ether oxygens (including phenoxy) is 1. The summed E-state index contributed by atoms with van der Waals surface area (Å²) in [4.78, 5) is 18.0. The minimum Gasteiger partial charge on any atom is -0.373 e. The molecule has 1 amide bonds. The molecule has 4 rings (SSSR count). The van der Waals surface area contributed by atoms with Crippen LogP contribution >= 0.6 is 0 Å². The monoisotopic (exact) mass is 477 g/mol. The highest BCUT2D eigenvalue weighted by atomic mass is 32.2. The Morgan fingerprint density at radius 3 is 2.27 bits per heavy atom. The Kier molecular flexibility index (Phi) is 7.78. The molecule has 0 aromatic heterocycles. The second kappa shape index (κ2) is 10.4. The minimum atomic E-state index is -3.55. The van der Waals surface area contributed by atoms with Gasteiger partial charge >= 0.3 is 0 Å². The summed E-state index contributed by atoms with van der Waals surface area (Å²) in [7, 11) is -3.55. The van der Waals surface area contributed by atoms with Gasteiger partial charge in [-0.15, -0.1) is 0 Å². The lowest BCUT2D eigenvalue weighted by atomic mass is 9.94. The second-order valence-electron chi connectivity index (χ2n) is 10.2. The number of hydrogen-bond acceptors (Lipinski definition) is 5. The van der Waals surface area contributed by atoms with Crippen molar-refractivity contribution in [2.24, 2.45) is 5.92 Å². The highest BCUT2D eigenvalue weighted by Crippen LogP contribution is 2.26. The normalized spacial score (nSPS) is 26.5. The van der Waals surface area contributed by atoms with Gasteiger partial charge in [-0.25, -0.2) is 8.42 Å². The van der Waals surface area contributed by atoms with Crippen LogP contribution in [0.25, 0.3) is 0 Å². The molecule has 3 aliphatic heterocycles. The number of likely N-dealkylation sites (tertiary alicyclic amines) is 1. The highest BCUT2D eigenvalue weighted by molar-refractivity contribution is 7.89. The fraction of sp³-hybridized carbons (Fsp3) is 0.720. The summed E-state index contributed by atoms with van der Waals surface area (Å²) in [6.07, 6.45) is 5.37. The van der Waals surface area contributed by atoms with Crippen molar-refractivity contribution in [1.29, 1.82) is 0 Å². The van der Waals surface area contributed by atoms with Crippen molar-refractivity contribution in [3.05, 3.63) is 29.3 Å². The maximum absolute atomic E-state index is 13.3. The third-order valence-corrected chi connectivity index (χ3v) is 9.20. The Hall–Kier alpha value is -1.48. The Balaban J connectivity index is 1.39. The average Bonchev–Trinajstić information content (AvgIpc) is 2.79. The zero-order chi connectivity index (χ0) is 23.6. The number of carbonyl (C=O) groups excluding carboxylic acids is 1. The lowest BCUT2D eigenvalue weighted by molar-refractivity contribution is -0.0728. The molecule has 7 nitrogen and oxygen atoms in total. The van der Waals surface area contributed by atoms with Crippen molar-refractivity contribution in [2.75, 3.05) is 45.8 Å². The third kappa shape index (κ3) is 5.78. The van der Waals surface area contributed by atoms with E-state index in [4.69, 9.17) is 4.74 Å². The molecule has 184 valence electrons. The Bertz CT molecular complexity index is 927. The van der Waals surface area contributed by atoms with E-state index in [2.05, 4.69) is 18.7 Å². The molecular weight excluding hydrogens is 438 g/mol. The fourth-order valence-electron chi connectivity index (χ4n) is 5.53. The highest BCUT2D eigenvalue weighted by Gasteiger charge is 2.30. The zero-order valence-corrected chi connectivity index (χ0v) is 21.1. The van der Waals surface area contributed by atoms with Gasteiger partial charge in [0.1, 0.15) is 0 Å². The van der Waals surface area contributed by atoms with E-state index in [0.29, 0.717) is 24.6 Å². The number of carbonyl (C=O) groups is 1. The predicted molar refractivity (Wildman–Crippen MR) is 129 cm³/mol. The van der Waals surface area contributed by atoms with Crippen LogP contribution in [-0.2, 0) is 14.8 Å². The minimum absolute atomic E-state index is 0.0461. The van der Waals surface area contributed by atoms with Crippen LogP contribution in [0.5, 0.6) is 0 Å². The second-order valence-corrected chi connectivity index (χ2v) is 12.1. The number of rotatable bonds is 5. The van der Waals surface area contributed by atoms with E-state index in [1.54, 1.807) is 22.5 Å². The summed E-state index contributed by atoms with van der Waals surface area (Å²) in [5, 5.41) is 0. The van der Waals surface area contributed by atoms with Crippen LogP contribution in [0.2, 0.25) is 0 Å². The van der Waals surface area contributed by atoms with Gasteiger partial charge in [0.25, 0.3) is 5.91 Å². The molecule has 3 aliphatic rings. The van der Waals surface area contributed by atoms with Crippen LogP contribution in [0, 0.1) is 12.8 Å². The number of aryl methyl sites for hydroxylation is 1. The lowest BCUT2D eigenvalue weighted by Gasteiger charge is -2.39. The average molecular weight is 478 g/mol. The number of morpholine rings is 1. The van der Waals surface area contributed by atoms with Gasteiger partial charge in [0.15, 0.2) is 0 Å². The Labute approximate surface area is 199 Å². The Morgan fingerprint density at radius 1 is 1.00 bits per heavy atom. The van der Waals surface area contributed by atoms with Gasteiger partial charge in [0.2, 0.25) is 10.0 Å². The van der Waals surface area contributed by atoms with Crippen molar-refractivity contribution in [3.63, 3.8) is 0 Å². The maximum atomic E-state index is 13.3. The summed E-state index contributed by atoms with van der Waals surface area (Å²) < 4.78 is 33.6. The summed E-state index contributed by atoms with van der Waals surface area (Å²) in [5.74, 6) is 0.536. The van der Waals surface area contributed by atoms with Gasteiger partial charge in [-0.3, -0.25) is 9.69 Å². The topological polar surface area (TPSA) is 70.2 Å². The molecule has 3 heterocycles. The molecule has 1 aromatic rings. The van der Waals surface area contributed by atoms with E-state index in [-0.39, 0.29) is 23.0 Å². The van der Waals surface area contributed by atoms with Gasteiger partial charge in [0, 0.05) is 51.4 Å². The van der Waals surface area contributed by atoms with Crippen molar-refractivity contribution in [2.45, 2.75) is 70.0 Å². The number of amides is 1. The molecule has 0 aliphatic carbocycles. The lowest BCUT2D eigenvalue weighted by Crippen LogP contribution is -2.48. The van der Waals surface area contributed by atoms with E-state index < -0.39 is 10.0 Å². The summed E-state index contributed by atoms with van der Waals surface area (Å²) in [6.45, 7) is 11.7. The standard InChI is InChI=1S/C25H39N3O4S/c1-19-7-8-23(33(30,31)28-11-5-4-6-12-28)15-24(19)25(29)27-13-9-22(10-14-27)18-26-16-20(2)32-21(3)17-26/h7-8,15,20-22H,4-6,9-14,16-18H2,1-3H3. The largest absolute Gasteiger partial charge is 0.373 e. The molecule has 2 atom stereocenters. The molecule has 3 fully saturated rings.